The van der Waals surface area contributed by atoms with E-state index in [0.717, 1.165) is 12.2 Å². The van der Waals surface area contributed by atoms with Gasteiger partial charge >= 0.3 is 0 Å². The third-order valence-electron chi connectivity index (χ3n) is 5.43. The summed E-state index contributed by atoms with van der Waals surface area (Å²) in [7, 11) is 2.31. The summed E-state index contributed by atoms with van der Waals surface area (Å²) in [5.74, 6) is 0.872. The second-order valence-corrected chi connectivity index (χ2v) is 8.41. The van der Waals surface area contributed by atoms with Crippen LogP contribution in [-0.2, 0) is 11.2 Å². The molecule has 1 heterocycles. The molecular weight excluding hydrogens is 392 g/mol. The van der Waals surface area contributed by atoms with Crippen molar-refractivity contribution in [2.45, 2.75) is 57.6 Å². The summed E-state index contributed by atoms with van der Waals surface area (Å²) in [6.45, 7) is 3.68. The number of benzene rings is 1. The fourth-order valence-electron chi connectivity index (χ4n) is 4.20. The summed E-state index contributed by atoms with van der Waals surface area (Å²) in [4.78, 5) is 12.2. The first-order valence-electron chi connectivity index (χ1n) is 9.84. The van der Waals surface area contributed by atoms with Crippen molar-refractivity contribution in [1.82, 2.24) is 10.2 Å². The minimum Gasteiger partial charge on any atom is -0.392 e. The number of hydrogen-bond acceptors (Lipinski definition) is 4. The van der Waals surface area contributed by atoms with Crippen molar-refractivity contribution in [3.63, 3.8) is 0 Å². The summed E-state index contributed by atoms with van der Waals surface area (Å²) >= 11 is 3.73. The maximum absolute atomic E-state index is 9.64. The molecule has 0 amide bonds. The SMILES string of the molecule is CC(O)CNCC=O.CN1CCc2c(Br)cccc2C1C1CCCCC1. The number of aliphatic hydroxyl groups is 1. The highest BCUT2D eigenvalue weighted by atomic mass is 79.9. The lowest BCUT2D eigenvalue weighted by Crippen LogP contribution is -2.37. The van der Waals surface area contributed by atoms with Gasteiger partial charge in [0.25, 0.3) is 0 Å². The largest absolute Gasteiger partial charge is 0.392 e. The molecule has 2 atom stereocenters. The fourth-order valence-corrected chi connectivity index (χ4v) is 4.78. The number of aliphatic hydroxyl groups excluding tert-OH is 1. The van der Waals surface area contributed by atoms with E-state index >= 15 is 0 Å². The van der Waals surface area contributed by atoms with E-state index in [9.17, 15) is 4.79 Å². The second-order valence-electron chi connectivity index (χ2n) is 7.56. The number of likely N-dealkylation sites (N-methyl/N-ethyl adjacent to an activating group) is 1. The highest BCUT2D eigenvalue weighted by Gasteiger charge is 2.32. The topological polar surface area (TPSA) is 52.6 Å². The quantitative estimate of drug-likeness (QED) is 0.558. The van der Waals surface area contributed by atoms with Gasteiger partial charge in [-0.05, 0) is 56.3 Å². The lowest BCUT2D eigenvalue weighted by Gasteiger charge is -2.41. The molecule has 26 heavy (non-hydrogen) atoms. The molecular formula is C21H33BrN2O2. The van der Waals surface area contributed by atoms with Gasteiger partial charge in [-0.15, -0.1) is 0 Å². The molecule has 0 aromatic heterocycles. The van der Waals surface area contributed by atoms with Crippen LogP contribution < -0.4 is 5.32 Å². The molecule has 2 unspecified atom stereocenters. The molecule has 1 saturated carbocycles. The number of rotatable bonds is 5. The van der Waals surface area contributed by atoms with Crippen LogP contribution in [0.4, 0.5) is 0 Å². The maximum atomic E-state index is 9.64. The van der Waals surface area contributed by atoms with E-state index in [-0.39, 0.29) is 6.10 Å². The molecule has 4 nitrogen and oxygen atoms in total. The van der Waals surface area contributed by atoms with Crippen molar-refractivity contribution < 1.29 is 9.90 Å². The third-order valence-corrected chi connectivity index (χ3v) is 6.17. The first kappa shape index (κ1) is 21.5. The molecule has 1 fully saturated rings. The summed E-state index contributed by atoms with van der Waals surface area (Å²) in [6, 6.07) is 7.42. The molecule has 0 radical (unpaired) electrons. The molecule has 5 heteroatoms. The second kappa shape index (κ2) is 11.2. The lowest BCUT2D eigenvalue weighted by atomic mass is 9.77. The summed E-state index contributed by atoms with van der Waals surface area (Å²) in [6.07, 6.45) is 8.73. The normalized spacial score (nSPS) is 22.1. The molecule has 0 spiro atoms. The number of carbonyl (C=O) groups is 1. The maximum Gasteiger partial charge on any atom is 0.133 e. The Hall–Kier alpha value is -0.750. The van der Waals surface area contributed by atoms with Crippen LogP contribution in [0.1, 0.15) is 56.2 Å². The van der Waals surface area contributed by atoms with E-state index in [0.29, 0.717) is 19.1 Å². The number of nitrogens with zero attached hydrogens (tertiary/aromatic N) is 1. The van der Waals surface area contributed by atoms with Crippen LogP contribution in [-0.4, -0.2) is 49.1 Å². The van der Waals surface area contributed by atoms with Gasteiger partial charge < -0.3 is 15.2 Å². The molecule has 1 aliphatic carbocycles. The van der Waals surface area contributed by atoms with Crippen molar-refractivity contribution in [3.8, 4) is 0 Å². The van der Waals surface area contributed by atoms with Crippen molar-refractivity contribution in [2.75, 3.05) is 26.7 Å². The Kier molecular flexibility index (Phi) is 9.26. The van der Waals surface area contributed by atoms with Crippen LogP contribution >= 0.6 is 15.9 Å². The minimum absolute atomic E-state index is 0.324. The molecule has 2 aliphatic rings. The zero-order valence-electron chi connectivity index (χ0n) is 16.1. The van der Waals surface area contributed by atoms with Crippen molar-refractivity contribution in [3.05, 3.63) is 33.8 Å². The van der Waals surface area contributed by atoms with Gasteiger partial charge in [-0.25, -0.2) is 0 Å². The highest BCUT2D eigenvalue weighted by molar-refractivity contribution is 9.10. The van der Waals surface area contributed by atoms with E-state index < -0.39 is 0 Å². The molecule has 1 aromatic carbocycles. The average molecular weight is 425 g/mol. The van der Waals surface area contributed by atoms with E-state index in [1.807, 2.05) is 0 Å². The number of aldehydes is 1. The van der Waals surface area contributed by atoms with Gasteiger partial charge in [0.15, 0.2) is 0 Å². The van der Waals surface area contributed by atoms with Crippen LogP contribution in [0.2, 0.25) is 0 Å². The van der Waals surface area contributed by atoms with Gasteiger partial charge in [0.1, 0.15) is 6.29 Å². The summed E-state index contributed by atoms with van der Waals surface area (Å²) in [5.41, 5.74) is 3.15. The van der Waals surface area contributed by atoms with Crippen molar-refractivity contribution in [1.29, 1.82) is 0 Å². The Morgan fingerprint density at radius 3 is 2.73 bits per heavy atom. The monoisotopic (exact) mass is 424 g/mol. The zero-order valence-corrected chi connectivity index (χ0v) is 17.7. The Morgan fingerprint density at radius 2 is 2.08 bits per heavy atom. The highest BCUT2D eigenvalue weighted by Crippen LogP contribution is 2.42. The number of halogens is 1. The third kappa shape index (κ3) is 6.15. The number of nitrogens with one attached hydrogen (secondary N) is 1. The summed E-state index contributed by atoms with van der Waals surface area (Å²) in [5, 5.41) is 11.3. The van der Waals surface area contributed by atoms with E-state index in [1.54, 1.807) is 18.1 Å². The molecule has 1 aromatic rings. The smallest absolute Gasteiger partial charge is 0.133 e. The van der Waals surface area contributed by atoms with Crippen LogP contribution in [0.5, 0.6) is 0 Å². The van der Waals surface area contributed by atoms with Gasteiger partial charge in [0.05, 0.1) is 12.6 Å². The molecule has 3 rings (SSSR count). The Morgan fingerprint density at radius 1 is 1.35 bits per heavy atom. The van der Waals surface area contributed by atoms with E-state index in [4.69, 9.17) is 5.11 Å². The van der Waals surface area contributed by atoms with Crippen molar-refractivity contribution in [2.24, 2.45) is 5.92 Å². The number of fused-ring (bicyclic) bond motifs is 1. The Labute approximate surface area is 166 Å². The first-order chi connectivity index (χ1) is 12.5. The fraction of sp³-hybridized carbons (Fsp3) is 0.667. The number of hydrogen-bond donors (Lipinski definition) is 2. The molecule has 0 saturated heterocycles. The van der Waals surface area contributed by atoms with Crippen LogP contribution in [0.25, 0.3) is 0 Å². The Bertz CT molecular complexity index is 559. The standard InChI is InChI=1S/C16H22BrN.C5H11NO2/c1-18-11-10-13-14(8-5-9-15(13)17)16(18)12-6-3-2-4-7-12;1-5(8)4-6-2-3-7/h5,8-9,12,16H,2-4,6-7,10-11H2,1H3;3,5-6,8H,2,4H2,1H3. The van der Waals surface area contributed by atoms with Gasteiger partial charge in [-0.1, -0.05) is 47.3 Å². The van der Waals surface area contributed by atoms with Gasteiger partial charge in [-0.3, -0.25) is 4.90 Å². The minimum atomic E-state index is -0.366. The van der Waals surface area contributed by atoms with Crippen LogP contribution in [0, 0.1) is 5.92 Å². The predicted molar refractivity (Wildman–Crippen MR) is 110 cm³/mol. The zero-order chi connectivity index (χ0) is 18.9. The van der Waals surface area contributed by atoms with Crippen LogP contribution in [0.3, 0.4) is 0 Å². The Balaban J connectivity index is 0.000000260. The number of carbonyl (C=O) groups excluding carboxylic acids is 1. The molecule has 1 aliphatic heterocycles. The van der Waals surface area contributed by atoms with Crippen molar-refractivity contribution >= 4 is 22.2 Å². The average Bonchev–Trinajstić information content (AvgIpc) is 2.63. The van der Waals surface area contributed by atoms with Gasteiger partial charge in [-0.2, -0.15) is 0 Å². The summed E-state index contributed by atoms with van der Waals surface area (Å²) < 4.78 is 1.31. The van der Waals surface area contributed by atoms with E-state index in [2.05, 4.69) is 51.4 Å². The first-order valence-corrected chi connectivity index (χ1v) is 10.6. The van der Waals surface area contributed by atoms with E-state index in [1.165, 1.54) is 49.5 Å². The van der Waals surface area contributed by atoms with Crippen LogP contribution in [0.15, 0.2) is 22.7 Å². The lowest BCUT2D eigenvalue weighted by molar-refractivity contribution is -0.107. The molecule has 146 valence electrons. The molecule has 0 bridgehead atoms. The van der Waals surface area contributed by atoms with Gasteiger partial charge in [0.2, 0.25) is 0 Å². The predicted octanol–water partition coefficient (Wildman–Crippen LogP) is 3.71. The van der Waals surface area contributed by atoms with Gasteiger partial charge in [0, 0.05) is 23.6 Å². The molecule has 2 N–H and O–H groups in total.